The van der Waals surface area contributed by atoms with Crippen molar-refractivity contribution in [1.82, 2.24) is 4.40 Å². The average Bonchev–Trinajstić information content (AvgIpc) is 4.06. The highest BCUT2D eigenvalue weighted by molar-refractivity contribution is 7.26. The van der Waals surface area contributed by atoms with E-state index in [0.717, 1.165) is 44.8 Å². The molecule has 0 saturated heterocycles. The van der Waals surface area contributed by atoms with E-state index < -0.39 is 16.1 Å². The zero-order valence-corrected chi connectivity index (χ0v) is 42.2. The Bertz CT molecular complexity index is 3850. The van der Waals surface area contributed by atoms with Crippen LogP contribution in [0.5, 0.6) is 0 Å². The zero-order valence-electron chi connectivity index (χ0n) is 39.4. The molecular formula is C60H53N3OSSi2. The number of nitrogens with zero attached hydrogens (tertiary/aromatic N) is 3. The Labute approximate surface area is 398 Å². The number of rotatable bonds is 9. The molecule has 12 aromatic rings. The second kappa shape index (κ2) is 15.3. The van der Waals surface area contributed by atoms with Gasteiger partial charge in [-0.3, -0.25) is 4.40 Å². The maximum atomic E-state index is 7.28. The van der Waals surface area contributed by atoms with E-state index >= 15 is 0 Å². The number of furan rings is 1. The van der Waals surface area contributed by atoms with E-state index in [4.69, 9.17) is 4.42 Å². The summed E-state index contributed by atoms with van der Waals surface area (Å²) in [6.45, 7) is 18.9. The van der Waals surface area contributed by atoms with Crippen molar-refractivity contribution in [2.45, 2.75) is 53.1 Å². The summed E-state index contributed by atoms with van der Waals surface area (Å²) >= 11 is 1.89. The molecule has 7 heteroatoms. The molecule has 0 aliphatic carbocycles. The van der Waals surface area contributed by atoms with Crippen molar-refractivity contribution in [3.05, 3.63) is 187 Å². The lowest BCUT2D eigenvalue weighted by molar-refractivity contribution is 0.652. The van der Waals surface area contributed by atoms with E-state index in [1.807, 2.05) is 11.3 Å². The lowest BCUT2D eigenvalue weighted by Gasteiger charge is -2.31. The molecule has 0 N–H and O–H groups in total. The van der Waals surface area contributed by atoms with Crippen molar-refractivity contribution in [3.8, 4) is 11.1 Å². The Morgan fingerprint density at radius 2 is 1.07 bits per heavy atom. The highest BCUT2D eigenvalue weighted by Crippen LogP contribution is 2.51. The topological polar surface area (TPSA) is 24.0 Å². The third kappa shape index (κ3) is 6.74. The van der Waals surface area contributed by atoms with Crippen LogP contribution in [-0.2, 0) is 0 Å². The van der Waals surface area contributed by atoms with Crippen molar-refractivity contribution >= 4 is 131 Å². The molecule has 0 spiro atoms. The maximum absolute atomic E-state index is 7.28. The molecule has 0 bridgehead atoms. The summed E-state index contributed by atoms with van der Waals surface area (Å²) in [5.74, 6) is 0. The quantitative estimate of drug-likeness (QED) is 0.135. The van der Waals surface area contributed by atoms with Crippen LogP contribution in [0.15, 0.2) is 180 Å². The normalized spacial score (nSPS) is 12.5. The molecule has 4 aromatic heterocycles. The van der Waals surface area contributed by atoms with Gasteiger partial charge in [-0.1, -0.05) is 141 Å². The Morgan fingerprint density at radius 3 is 1.78 bits per heavy atom. The van der Waals surface area contributed by atoms with Crippen LogP contribution in [0.4, 0.5) is 34.1 Å². The van der Waals surface area contributed by atoms with Gasteiger partial charge in [0, 0.05) is 66.4 Å². The monoisotopic (exact) mass is 919 g/mol. The van der Waals surface area contributed by atoms with E-state index in [1.54, 1.807) is 0 Å². The molecule has 0 aliphatic heterocycles. The summed E-state index contributed by atoms with van der Waals surface area (Å²) in [5, 5.41) is 8.89. The molecule has 8 aromatic carbocycles. The van der Waals surface area contributed by atoms with Gasteiger partial charge in [0.2, 0.25) is 5.71 Å². The first-order chi connectivity index (χ1) is 32.3. The Morgan fingerprint density at radius 1 is 0.478 bits per heavy atom. The lowest BCUT2D eigenvalue weighted by atomic mass is 10.0. The summed E-state index contributed by atoms with van der Waals surface area (Å²) in [4.78, 5) is 4.86. The molecule has 0 aliphatic rings. The molecule has 4 nitrogen and oxygen atoms in total. The van der Waals surface area contributed by atoms with Crippen LogP contribution >= 0.6 is 11.3 Å². The van der Waals surface area contributed by atoms with Gasteiger partial charge in [0.25, 0.3) is 0 Å². The fourth-order valence-electron chi connectivity index (χ4n) is 10.4. The Kier molecular flexibility index (Phi) is 9.49. The second-order valence-electron chi connectivity index (χ2n) is 20.4. The summed E-state index contributed by atoms with van der Waals surface area (Å²) in [6.07, 6.45) is 0. The van der Waals surface area contributed by atoms with Crippen molar-refractivity contribution in [3.63, 3.8) is 0 Å². The van der Waals surface area contributed by atoms with Gasteiger partial charge in [-0.2, -0.15) is 0 Å². The van der Waals surface area contributed by atoms with Gasteiger partial charge in [-0.05, 0) is 115 Å². The van der Waals surface area contributed by atoms with E-state index in [9.17, 15) is 0 Å². The predicted molar refractivity (Wildman–Crippen MR) is 296 cm³/mol. The van der Waals surface area contributed by atoms with Crippen molar-refractivity contribution in [2.24, 2.45) is 0 Å². The SMILES string of the molecule is Cc1ccc(N(c2ccc3c(c2)sc2c4cc(-c5ccccc5)cc5c6c7ccc(N(c8ccc([Si](C)(C)C)cc8)c8ccccc8[Si](C)(C)C)cc7oc6n(c45)c32)c2ccccc2C)cc1. The number of aryl methyl sites for hydroxylation is 2. The van der Waals surface area contributed by atoms with Gasteiger partial charge < -0.3 is 14.2 Å². The molecule has 328 valence electrons. The third-order valence-corrected chi connectivity index (χ3v) is 19.1. The third-order valence-electron chi connectivity index (χ3n) is 13.8. The first kappa shape index (κ1) is 41.5. The molecular weight excluding hydrogens is 867 g/mol. The number of hydrogen-bond acceptors (Lipinski definition) is 4. The van der Waals surface area contributed by atoms with E-state index in [0.29, 0.717) is 0 Å². The fraction of sp³-hybridized carbons (Fsp3) is 0.133. The first-order valence-corrected chi connectivity index (χ1v) is 31.2. The maximum Gasteiger partial charge on any atom is 0.213 e. The second-order valence-corrected chi connectivity index (χ2v) is 31.6. The van der Waals surface area contributed by atoms with Crippen LogP contribution in [0.25, 0.3) is 69.8 Å². The molecule has 0 atom stereocenters. The summed E-state index contributed by atoms with van der Waals surface area (Å²) in [6, 6.07) is 65.5. The van der Waals surface area contributed by atoms with Crippen molar-refractivity contribution < 1.29 is 4.42 Å². The molecule has 0 radical (unpaired) electrons. The van der Waals surface area contributed by atoms with Crippen LogP contribution in [-0.4, -0.2) is 20.5 Å². The number of thiophene rings is 1. The standard InChI is InChI=1S/C60H53N3OSSi2/c1-38-22-24-42(25-23-38)61(51-19-13-12-16-39(51)2)45-29-33-48-54(37-45)65-59-50-35-41(40-17-10-9-11-18-40)34-49-56-47-32-28-44(36-53(47)64-60(56)63(57(49)50)58(48)59)62(43-26-30-46(31-27-43)66(3,4)5)52-20-14-15-21-55(52)67(6,7)8/h9-37H,1-8H3. The highest BCUT2D eigenvalue weighted by atomic mass is 32.1. The summed E-state index contributed by atoms with van der Waals surface area (Å²) in [5.41, 5.74) is 16.0. The zero-order chi connectivity index (χ0) is 45.9. The molecule has 0 fully saturated rings. The molecule has 0 unspecified atom stereocenters. The largest absolute Gasteiger partial charge is 0.439 e. The van der Waals surface area contributed by atoms with Crippen LogP contribution < -0.4 is 20.2 Å². The van der Waals surface area contributed by atoms with Crippen LogP contribution in [0.3, 0.4) is 0 Å². The Hall–Kier alpha value is -6.91. The molecule has 12 rings (SSSR count). The van der Waals surface area contributed by atoms with Crippen molar-refractivity contribution in [1.29, 1.82) is 0 Å². The summed E-state index contributed by atoms with van der Waals surface area (Å²) < 4.78 is 12.2. The fourth-order valence-corrected chi connectivity index (χ4v) is 14.3. The number of hydrogen-bond donors (Lipinski definition) is 0. The lowest BCUT2D eigenvalue weighted by Crippen LogP contribution is -2.40. The minimum Gasteiger partial charge on any atom is -0.439 e. The first-order valence-electron chi connectivity index (χ1n) is 23.4. The van der Waals surface area contributed by atoms with Gasteiger partial charge in [0.1, 0.15) is 5.58 Å². The van der Waals surface area contributed by atoms with Gasteiger partial charge in [-0.25, -0.2) is 0 Å². The number of fused-ring (bicyclic) bond motifs is 10. The van der Waals surface area contributed by atoms with Crippen LogP contribution in [0.1, 0.15) is 11.1 Å². The average molecular weight is 920 g/mol. The van der Waals surface area contributed by atoms with Crippen molar-refractivity contribution in [2.75, 3.05) is 9.80 Å². The van der Waals surface area contributed by atoms with E-state index in [1.165, 1.54) is 80.6 Å². The number of anilines is 6. The van der Waals surface area contributed by atoms with Crippen LogP contribution in [0.2, 0.25) is 39.3 Å². The number of benzene rings is 8. The smallest absolute Gasteiger partial charge is 0.213 e. The Balaban J connectivity index is 1.10. The number of aromatic nitrogens is 1. The number of para-hydroxylation sites is 2. The summed E-state index contributed by atoms with van der Waals surface area (Å²) in [7, 11) is -3.25. The van der Waals surface area contributed by atoms with Crippen LogP contribution in [0, 0.1) is 13.8 Å². The van der Waals surface area contributed by atoms with Gasteiger partial charge in [-0.15, -0.1) is 11.3 Å². The van der Waals surface area contributed by atoms with Gasteiger partial charge >= 0.3 is 0 Å². The molecule has 0 saturated carbocycles. The van der Waals surface area contributed by atoms with Gasteiger partial charge in [0.05, 0.1) is 37.3 Å². The highest BCUT2D eigenvalue weighted by Gasteiger charge is 2.29. The van der Waals surface area contributed by atoms with E-state index in [-0.39, 0.29) is 0 Å². The molecule has 67 heavy (non-hydrogen) atoms. The van der Waals surface area contributed by atoms with Gasteiger partial charge in [0.15, 0.2) is 0 Å². The molecule has 4 heterocycles. The van der Waals surface area contributed by atoms with E-state index in [2.05, 4.69) is 243 Å². The minimum absolute atomic E-state index is 0.885. The predicted octanol–water partition coefficient (Wildman–Crippen LogP) is 17.1. The minimum atomic E-state index is -1.75. The molecule has 0 amide bonds.